The van der Waals surface area contributed by atoms with E-state index in [9.17, 15) is 9.18 Å². The first-order chi connectivity index (χ1) is 12.1. The maximum absolute atomic E-state index is 14.3. The van der Waals surface area contributed by atoms with Crippen LogP contribution < -0.4 is 5.56 Å². The number of allylic oxidation sites excluding steroid dienone is 2. The number of aryl methyl sites for hydroxylation is 1. The molecule has 0 unspecified atom stereocenters. The van der Waals surface area contributed by atoms with Crippen molar-refractivity contribution in [1.29, 1.82) is 0 Å². The van der Waals surface area contributed by atoms with Gasteiger partial charge in [0.2, 0.25) is 0 Å². The highest BCUT2D eigenvalue weighted by atomic mass is 19.1. The highest BCUT2D eigenvalue weighted by Crippen LogP contribution is 2.32. The van der Waals surface area contributed by atoms with Gasteiger partial charge in [0.15, 0.2) is 0 Å². The molecule has 2 heterocycles. The number of halogens is 1. The molecule has 1 N–H and O–H groups in total. The molecule has 124 valence electrons. The Balaban J connectivity index is 2.31. The van der Waals surface area contributed by atoms with Crippen LogP contribution in [0.25, 0.3) is 16.7 Å². The molecule has 0 bridgehead atoms. The highest BCUT2D eigenvalue weighted by Gasteiger charge is 2.17. The van der Waals surface area contributed by atoms with E-state index in [0.29, 0.717) is 11.3 Å². The van der Waals surface area contributed by atoms with Gasteiger partial charge >= 0.3 is 0 Å². The maximum Gasteiger partial charge on any atom is 0.264 e. The van der Waals surface area contributed by atoms with Crippen LogP contribution in [0.2, 0.25) is 0 Å². The Morgan fingerprint density at radius 2 is 2.04 bits per heavy atom. The van der Waals surface area contributed by atoms with Gasteiger partial charge in [-0.05, 0) is 24.1 Å². The molecule has 0 saturated carbocycles. The van der Waals surface area contributed by atoms with E-state index in [2.05, 4.69) is 21.8 Å². The Morgan fingerprint density at radius 1 is 1.24 bits per heavy atom. The fraction of sp³-hybridized carbons (Fsp3) is 0.0500. The molecule has 0 fully saturated rings. The molecular weight excluding hydrogens is 317 g/mol. The average molecular weight is 333 g/mol. The lowest BCUT2D eigenvalue weighted by Crippen LogP contribution is -2.11. The first-order valence-corrected chi connectivity index (χ1v) is 7.70. The van der Waals surface area contributed by atoms with Crippen molar-refractivity contribution >= 4 is 5.57 Å². The smallest absolute Gasteiger partial charge is 0.264 e. The van der Waals surface area contributed by atoms with Gasteiger partial charge in [-0.15, -0.1) is 0 Å². The number of hydrogen-bond acceptors (Lipinski definition) is 3. The van der Waals surface area contributed by atoms with Crippen molar-refractivity contribution in [2.45, 2.75) is 6.92 Å². The SMILES string of the molecule is C=C/C=C(\c1ccccc1C)c1n[nH]c(=O)cc1-c1ccncc1F. The number of aromatic nitrogens is 3. The maximum atomic E-state index is 14.3. The third-order valence-corrected chi connectivity index (χ3v) is 3.85. The summed E-state index contributed by atoms with van der Waals surface area (Å²) in [4.78, 5) is 15.6. The minimum atomic E-state index is -0.515. The van der Waals surface area contributed by atoms with Crippen molar-refractivity contribution in [2.75, 3.05) is 0 Å². The van der Waals surface area contributed by atoms with Crippen LogP contribution >= 0.6 is 0 Å². The van der Waals surface area contributed by atoms with E-state index < -0.39 is 11.4 Å². The normalized spacial score (nSPS) is 11.4. The quantitative estimate of drug-likeness (QED) is 0.737. The van der Waals surface area contributed by atoms with Crippen molar-refractivity contribution in [1.82, 2.24) is 15.2 Å². The van der Waals surface area contributed by atoms with E-state index in [4.69, 9.17) is 0 Å². The van der Waals surface area contributed by atoms with Crippen molar-refractivity contribution in [2.24, 2.45) is 0 Å². The number of H-pyrrole nitrogens is 1. The van der Waals surface area contributed by atoms with Crippen LogP contribution in [0.3, 0.4) is 0 Å². The van der Waals surface area contributed by atoms with Crippen LogP contribution in [0.4, 0.5) is 4.39 Å². The van der Waals surface area contributed by atoms with Crippen LogP contribution in [0.5, 0.6) is 0 Å². The number of hydrogen-bond donors (Lipinski definition) is 1. The summed E-state index contributed by atoms with van der Waals surface area (Å²) in [7, 11) is 0. The summed E-state index contributed by atoms with van der Waals surface area (Å²) in [5.74, 6) is -0.515. The van der Waals surface area contributed by atoms with Gasteiger partial charge in [-0.2, -0.15) is 5.10 Å². The topological polar surface area (TPSA) is 58.6 Å². The Labute approximate surface area is 144 Å². The fourth-order valence-electron chi connectivity index (χ4n) is 2.70. The van der Waals surface area contributed by atoms with Gasteiger partial charge in [0, 0.05) is 29.0 Å². The predicted octanol–water partition coefficient (Wildman–Crippen LogP) is 3.90. The molecule has 25 heavy (non-hydrogen) atoms. The molecule has 0 aliphatic heterocycles. The molecule has 5 heteroatoms. The van der Waals surface area contributed by atoms with Gasteiger partial charge in [-0.25, -0.2) is 9.49 Å². The van der Waals surface area contributed by atoms with Gasteiger partial charge in [-0.1, -0.05) is 43.0 Å². The molecule has 4 nitrogen and oxygen atoms in total. The van der Waals surface area contributed by atoms with Crippen molar-refractivity contribution in [3.63, 3.8) is 0 Å². The van der Waals surface area contributed by atoms with Crippen LogP contribution in [0.1, 0.15) is 16.8 Å². The molecule has 0 atom stereocenters. The average Bonchev–Trinajstić information content (AvgIpc) is 2.61. The Morgan fingerprint density at radius 3 is 2.76 bits per heavy atom. The molecule has 0 saturated heterocycles. The number of benzene rings is 1. The highest BCUT2D eigenvalue weighted by molar-refractivity contribution is 5.88. The lowest BCUT2D eigenvalue weighted by atomic mass is 9.93. The van der Waals surface area contributed by atoms with Crippen LogP contribution in [-0.2, 0) is 0 Å². The van der Waals surface area contributed by atoms with Crippen molar-refractivity contribution < 1.29 is 4.39 Å². The van der Waals surface area contributed by atoms with Crippen LogP contribution in [0, 0.1) is 12.7 Å². The lowest BCUT2D eigenvalue weighted by Gasteiger charge is -2.14. The van der Waals surface area contributed by atoms with Gasteiger partial charge < -0.3 is 0 Å². The summed E-state index contributed by atoms with van der Waals surface area (Å²) < 4.78 is 14.3. The second kappa shape index (κ2) is 7.05. The third kappa shape index (κ3) is 3.30. The van der Waals surface area contributed by atoms with E-state index in [-0.39, 0.29) is 5.56 Å². The standard InChI is InChI=1S/C20H16FN3O/c1-3-6-16(14-8-5-4-7-13(14)2)20-17(11-19(25)23-24-20)15-9-10-22-12-18(15)21/h3-12H,1H2,2H3,(H,23,25)/b16-6+. The van der Waals surface area contributed by atoms with Gasteiger partial charge in [0.05, 0.1) is 11.9 Å². The molecule has 0 amide bonds. The summed E-state index contributed by atoms with van der Waals surface area (Å²) in [5, 5.41) is 6.63. The molecule has 0 spiro atoms. The largest absolute Gasteiger partial charge is 0.268 e. The molecule has 2 aromatic heterocycles. The third-order valence-electron chi connectivity index (χ3n) is 3.85. The number of rotatable bonds is 4. The zero-order valence-corrected chi connectivity index (χ0v) is 13.7. The molecule has 1 aromatic carbocycles. The van der Waals surface area contributed by atoms with Crippen molar-refractivity contribution in [3.05, 3.63) is 101 Å². The monoisotopic (exact) mass is 333 g/mol. The van der Waals surface area contributed by atoms with Gasteiger partial charge in [0.25, 0.3) is 5.56 Å². The Kier molecular flexibility index (Phi) is 4.66. The first-order valence-electron chi connectivity index (χ1n) is 7.70. The van der Waals surface area contributed by atoms with E-state index in [1.54, 1.807) is 12.2 Å². The van der Waals surface area contributed by atoms with Gasteiger partial charge in [-0.3, -0.25) is 9.78 Å². The minimum Gasteiger partial charge on any atom is -0.268 e. The summed E-state index contributed by atoms with van der Waals surface area (Å²) >= 11 is 0. The lowest BCUT2D eigenvalue weighted by molar-refractivity contribution is 0.624. The Hall–Kier alpha value is -3.34. The number of pyridine rings is 1. The molecule has 3 aromatic rings. The predicted molar refractivity (Wildman–Crippen MR) is 96.5 cm³/mol. The van der Waals surface area contributed by atoms with Crippen LogP contribution in [0.15, 0.2) is 72.3 Å². The van der Waals surface area contributed by atoms with E-state index >= 15 is 0 Å². The zero-order chi connectivity index (χ0) is 17.8. The van der Waals surface area contributed by atoms with Crippen LogP contribution in [-0.4, -0.2) is 15.2 Å². The van der Waals surface area contributed by atoms with Crippen molar-refractivity contribution in [3.8, 4) is 11.1 Å². The summed E-state index contributed by atoms with van der Waals surface area (Å²) in [6.07, 6.45) is 6.03. The molecule has 0 aliphatic carbocycles. The number of aromatic amines is 1. The summed E-state index contributed by atoms with van der Waals surface area (Å²) in [5.41, 5.74) is 3.45. The van der Waals surface area contributed by atoms with E-state index in [1.807, 2.05) is 31.2 Å². The first kappa shape index (κ1) is 16.5. The molecular formula is C20H16FN3O. The second-order valence-corrected chi connectivity index (χ2v) is 5.48. The van der Waals surface area contributed by atoms with E-state index in [0.717, 1.165) is 22.9 Å². The summed E-state index contributed by atoms with van der Waals surface area (Å²) in [6, 6.07) is 10.6. The molecule has 0 radical (unpaired) electrons. The summed E-state index contributed by atoms with van der Waals surface area (Å²) in [6.45, 7) is 5.74. The second-order valence-electron chi connectivity index (χ2n) is 5.48. The minimum absolute atomic E-state index is 0.271. The zero-order valence-electron chi connectivity index (χ0n) is 13.7. The fourth-order valence-corrected chi connectivity index (χ4v) is 2.70. The molecule has 0 aliphatic rings. The number of nitrogens with one attached hydrogen (secondary N) is 1. The van der Waals surface area contributed by atoms with Gasteiger partial charge in [0.1, 0.15) is 5.82 Å². The Bertz CT molecular complexity index is 1020. The van der Waals surface area contributed by atoms with E-state index in [1.165, 1.54) is 18.3 Å². The number of nitrogens with zero attached hydrogens (tertiary/aromatic N) is 2. The molecule has 3 rings (SSSR count).